The second kappa shape index (κ2) is 8.68. The largest absolute Gasteiger partial charge is 0.493 e. The van der Waals surface area contributed by atoms with Crippen LogP contribution in [0.3, 0.4) is 0 Å². The topological polar surface area (TPSA) is 61.2 Å². The monoisotopic (exact) mass is 366 g/mol. The van der Waals surface area contributed by atoms with Gasteiger partial charge in [0, 0.05) is 43.8 Å². The number of methoxy groups -OCH3 is 1. The summed E-state index contributed by atoms with van der Waals surface area (Å²) in [5, 5.41) is 7.95. The number of pyridine rings is 1. The molecule has 1 N–H and O–H groups in total. The van der Waals surface area contributed by atoms with Crippen molar-refractivity contribution in [2.45, 2.75) is 33.0 Å². The van der Waals surface area contributed by atoms with Gasteiger partial charge in [0.25, 0.3) is 0 Å². The molecule has 1 unspecified atom stereocenters. The number of ether oxygens (including phenoxy) is 2. The predicted octanol–water partition coefficient (Wildman–Crippen LogP) is 3.56. The van der Waals surface area contributed by atoms with E-state index in [-0.39, 0.29) is 6.04 Å². The minimum atomic E-state index is 0.215. The van der Waals surface area contributed by atoms with Gasteiger partial charge in [-0.15, -0.1) is 0 Å². The van der Waals surface area contributed by atoms with E-state index in [1.165, 1.54) is 5.56 Å². The molecule has 6 heteroatoms. The molecule has 27 heavy (non-hydrogen) atoms. The third-order valence-electron chi connectivity index (χ3n) is 4.50. The lowest BCUT2D eigenvalue weighted by atomic mass is 10.1. The minimum Gasteiger partial charge on any atom is -0.493 e. The number of aryl methyl sites for hydroxylation is 2. The fraction of sp³-hybridized carbons (Fsp3) is 0.333. The lowest BCUT2D eigenvalue weighted by molar-refractivity contribution is 0.284. The van der Waals surface area contributed by atoms with Gasteiger partial charge in [0.15, 0.2) is 11.5 Å². The van der Waals surface area contributed by atoms with E-state index in [9.17, 15) is 0 Å². The standard InChI is InChI=1S/C21H26N4O2/c1-15(19-13-25(3)24-16(19)2)23-12-18-5-6-20(21(11-18)26-4)27-14-17-7-9-22-10-8-17/h5-11,13,15,23H,12,14H2,1-4H3. The van der Waals surface area contributed by atoms with Gasteiger partial charge < -0.3 is 14.8 Å². The number of nitrogens with one attached hydrogen (secondary N) is 1. The van der Waals surface area contributed by atoms with E-state index in [4.69, 9.17) is 9.47 Å². The van der Waals surface area contributed by atoms with Crippen molar-refractivity contribution in [1.82, 2.24) is 20.1 Å². The highest BCUT2D eigenvalue weighted by molar-refractivity contribution is 5.43. The van der Waals surface area contributed by atoms with Crippen molar-refractivity contribution in [3.05, 3.63) is 71.3 Å². The van der Waals surface area contributed by atoms with E-state index >= 15 is 0 Å². The van der Waals surface area contributed by atoms with Crippen LogP contribution < -0.4 is 14.8 Å². The second-order valence-corrected chi connectivity index (χ2v) is 6.58. The Kier molecular flexibility index (Phi) is 6.08. The zero-order chi connectivity index (χ0) is 19.2. The Bertz CT molecular complexity index is 877. The SMILES string of the molecule is COc1cc(CNC(C)c2cn(C)nc2C)ccc1OCc1ccncc1. The molecule has 2 aromatic heterocycles. The Morgan fingerprint density at radius 2 is 1.89 bits per heavy atom. The van der Waals surface area contributed by atoms with E-state index in [1.807, 2.05) is 42.9 Å². The molecule has 0 radical (unpaired) electrons. The molecule has 0 amide bonds. The lowest BCUT2D eigenvalue weighted by Crippen LogP contribution is -2.18. The van der Waals surface area contributed by atoms with Gasteiger partial charge in [-0.05, 0) is 49.2 Å². The van der Waals surface area contributed by atoms with E-state index in [0.717, 1.165) is 34.9 Å². The summed E-state index contributed by atoms with van der Waals surface area (Å²) in [6.45, 7) is 5.39. The van der Waals surface area contributed by atoms with Crippen LogP contribution >= 0.6 is 0 Å². The normalized spacial score (nSPS) is 12.0. The fourth-order valence-corrected chi connectivity index (χ4v) is 3.01. The maximum absolute atomic E-state index is 5.90. The van der Waals surface area contributed by atoms with Crippen LogP contribution in [0.5, 0.6) is 11.5 Å². The number of hydrogen-bond acceptors (Lipinski definition) is 5. The van der Waals surface area contributed by atoms with E-state index in [2.05, 4.69) is 34.6 Å². The van der Waals surface area contributed by atoms with E-state index in [0.29, 0.717) is 6.61 Å². The number of hydrogen-bond donors (Lipinski definition) is 1. The molecule has 0 saturated carbocycles. The van der Waals surface area contributed by atoms with Crippen molar-refractivity contribution in [3.63, 3.8) is 0 Å². The van der Waals surface area contributed by atoms with Crippen LogP contribution in [0, 0.1) is 6.92 Å². The lowest BCUT2D eigenvalue weighted by Gasteiger charge is -2.15. The molecule has 1 aromatic carbocycles. The molecule has 0 saturated heterocycles. The summed E-state index contributed by atoms with van der Waals surface area (Å²) < 4.78 is 13.3. The second-order valence-electron chi connectivity index (χ2n) is 6.58. The average molecular weight is 366 g/mol. The smallest absolute Gasteiger partial charge is 0.161 e. The summed E-state index contributed by atoms with van der Waals surface area (Å²) in [5.41, 5.74) is 4.46. The molecule has 0 fully saturated rings. The zero-order valence-electron chi connectivity index (χ0n) is 16.3. The summed E-state index contributed by atoms with van der Waals surface area (Å²) in [6.07, 6.45) is 5.58. The van der Waals surface area contributed by atoms with E-state index < -0.39 is 0 Å². The third kappa shape index (κ3) is 4.86. The van der Waals surface area contributed by atoms with Crippen LogP contribution in [-0.4, -0.2) is 21.9 Å². The summed E-state index contributed by atoms with van der Waals surface area (Å²) in [7, 11) is 3.60. The number of nitrogens with zero attached hydrogens (tertiary/aromatic N) is 3. The van der Waals surface area contributed by atoms with Crippen molar-refractivity contribution in [1.29, 1.82) is 0 Å². The first-order valence-corrected chi connectivity index (χ1v) is 8.99. The third-order valence-corrected chi connectivity index (χ3v) is 4.50. The maximum atomic E-state index is 5.90. The van der Waals surface area contributed by atoms with Crippen molar-refractivity contribution in [3.8, 4) is 11.5 Å². The molecule has 6 nitrogen and oxygen atoms in total. The number of rotatable bonds is 8. The molecule has 2 heterocycles. The Balaban J connectivity index is 1.62. The first-order valence-electron chi connectivity index (χ1n) is 8.99. The predicted molar refractivity (Wildman–Crippen MR) is 105 cm³/mol. The van der Waals surface area contributed by atoms with E-state index in [1.54, 1.807) is 19.5 Å². The summed E-state index contributed by atoms with van der Waals surface area (Å²) in [5.74, 6) is 1.46. The molecule has 0 aliphatic heterocycles. The van der Waals surface area contributed by atoms with Crippen LogP contribution in [0.15, 0.2) is 48.9 Å². The summed E-state index contributed by atoms with van der Waals surface area (Å²) in [4.78, 5) is 4.02. The Hall–Kier alpha value is -2.86. The van der Waals surface area contributed by atoms with Crippen LogP contribution in [0.2, 0.25) is 0 Å². The van der Waals surface area contributed by atoms with Crippen molar-refractivity contribution >= 4 is 0 Å². The molecule has 142 valence electrons. The summed E-state index contributed by atoms with van der Waals surface area (Å²) >= 11 is 0. The van der Waals surface area contributed by atoms with Gasteiger partial charge in [0.2, 0.25) is 0 Å². The van der Waals surface area contributed by atoms with Crippen LogP contribution in [-0.2, 0) is 20.2 Å². The van der Waals surface area contributed by atoms with Gasteiger partial charge in [-0.3, -0.25) is 9.67 Å². The molecule has 0 aliphatic carbocycles. The Morgan fingerprint density at radius 3 is 2.56 bits per heavy atom. The first-order chi connectivity index (χ1) is 13.1. The van der Waals surface area contributed by atoms with Crippen LogP contribution in [0.1, 0.15) is 35.3 Å². The van der Waals surface area contributed by atoms with Gasteiger partial charge in [0.05, 0.1) is 12.8 Å². The molecule has 0 spiro atoms. The Labute approximate surface area is 160 Å². The van der Waals surface area contributed by atoms with Gasteiger partial charge >= 0.3 is 0 Å². The highest BCUT2D eigenvalue weighted by atomic mass is 16.5. The van der Waals surface area contributed by atoms with Crippen molar-refractivity contribution < 1.29 is 9.47 Å². The average Bonchev–Trinajstić information content (AvgIpc) is 3.03. The van der Waals surface area contributed by atoms with Gasteiger partial charge in [-0.1, -0.05) is 6.07 Å². The molecule has 0 aliphatic rings. The highest BCUT2D eigenvalue weighted by Crippen LogP contribution is 2.29. The molecular weight excluding hydrogens is 340 g/mol. The molecular formula is C21H26N4O2. The molecule has 0 bridgehead atoms. The highest BCUT2D eigenvalue weighted by Gasteiger charge is 2.12. The minimum absolute atomic E-state index is 0.215. The molecule has 3 aromatic rings. The fourth-order valence-electron chi connectivity index (χ4n) is 3.01. The van der Waals surface area contributed by atoms with Crippen molar-refractivity contribution in [2.24, 2.45) is 7.05 Å². The Morgan fingerprint density at radius 1 is 1.11 bits per heavy atom. The first kappa shape index (κ1) is 18.9. The zero-order valence-corrected chi connectivity index (χ0v) is 16.3. The molecule has 1 atom stereocenters. The molecule has 3 rings (SSSR count). The van der Waals surface area contributed by atoms with Crippen LogP contribution in [0.4, 0.5) is 0 Å². The number of benzene rings is 1. The number of aromatic nitrogens is 3. The quantitative estimate of drug-likeness (QED) is 0.660. The van der Waals surface area contributed by atoms with Gasteiger partial charge in [-0.25, -0.2) is 0 Å². The van der Waals surface area contributed by atoms with Gasteiger partial charge in [0.1, 0.15) is 6.61 Å². The maximum Gasteiger partial charge on any atom is 0.161 e. The van der Waals surface area contributed by atoms with Crippen LogP contribution in [0.25, 0.3) is 0 Å². The van der Waals surface area contributed by atoms with Gasteiger partial charge in [-0.2, -0.15) is 5.10 Å². The van der Waals surface area contributed by atoms with Crippen molar-refractivity contribution in [2.75, 3.05) is 7.11 Å². The summed E-state index contributed by atoms with van der Waals surface area (Å²) in [6, 6.07) is 10.1.